The highest BCUT2D eigenvalue weighted by molar-refractivity contribution is 5.98. The standard InChI is InChI=1S/C22H25N5O3.C2HF3O2/c1-30-18-6-3-15(4-7-18)20(23)22(29)27-10-2-9-26(11-12-27)21(28)16-5-8-19-17(13-16)14-24-25-19;3-2(4,5)1(6)7/h3-8,13-14,20H,2,9-12,23H2,1H3,(H,24,25);(H,6,7). The van der Waals surface area contributed by atoms with E-state index < -0.39 is 18.2 Å². The molecule has 10 nitrogen and oxygen atoms in total. The lowest BCUT2D eigenvalue weighted by atomic mass is 10.1. The minimum atomic E-state index is -5.08. The van der Waals surface area contributed by atoms with Crippen LogP contribution in [0.25, 0.3) is 10.9 Å². The summed E-state index contributed by atoms with van der Waals surface area (Å²) in [5.41, 5.74) is 8.48. The molecule has 2 heterocycles. The molecule has 1 saturated heterocycles. The van der Waals surface area contributed by atoms with E-state index in [0.717, 1.165) is 22.2 Å². The van der Waals surface area contributed by atoms with E-state index >= 15 is 0 Å². The summed E-state index contributed by atoms with van der Waals surface area (Å²) in [6.45, 7) is 2.11. The number of nitrogens with two attached hydrogens (primary N) is 1. The van der Waals surface area contributed by atoms with E-state index in [2.05, 4.69) is 10.2 Å². The predicted molar refractivity (Wildman–Crippen MR) is 127 cm³/mol. The zero-order valence-corrected chi connectivity index (χ0v) is 19.9. The van der Waals surface area contributed by atoms with Crippen LogP contribution in [0.5, 0.6) is 5.75 Å². The van der Waals surface area contributed by atoms with Gasteiger partial charge in [0, 0.05) is 37.1 Å². The van der Waals surface area contributed by atoms with Gasteiger partial charge in [-0.2, -0.15) is 18.3 Å². The Labute approximate surface area is 209 Å². The second-order valence-corrected chi connectivity index (χ2v) is 8.20. The molecule has 37 heavy (non-hydrogen) atoms. The van der Waals surface area contributed by atoms with E-state index in [1.165, 1.54) is 0 Å². The number of carbonyl (C=O) groups is 3. The van der Waals surface area contributed by atoms with Crippen LogP contribution in [0.15, 0.2) is 48.7 Å². The molecule has 2 aromatic carbocycles. The Balaban J connectivity index is 0.000000479. The molecule has 4 rings (SSSR count). The van der Waals surface area contributed by atoms with Crippen molar-refractivity contribution >= 4 is 28.7 Å². The van der Waals surface area contributed by atoms with Gasteiger partial charge in [0.2, 0.25) is 5.91 Å². The average Bonchev–Trinajstić information content (AvgIpc) is 3.22. The normalized spacial score (nSPS) is 14.8. The number of carboxylic acids is 1. The van der Waals surface area contributed by atoms with Gasteiger partial charge in [-0.1, -0.05) is 12.1 Å². The fraction of sp³-hybridized carbons (Fsp3) is 0.333. The minimum Gasteiger partial charge on any atom is -0.497 e. The number of amides is 2. The van der Waals surface area contributed by atoms with E-state index in [-0.39, 0.29) is 11.8 Å². The Kier molecular flexibility index (Phi) is 8.71. The Morgan fingerprint density at radius 3 is 2.30 bits per heavy atom. The van der Waals surface area contributed by atoms with Crippen molar-refractivity contribution in [2.24, 2.45) is 5.73 Å². The fourth-order valence-corrected chi connectivity index (χ4v) is 3.75. The Morgan fingerprint density at radius 2 is 1.68 bits per heavy atom. The lowest BCUT2D eigenvalue weighted by Gasteiger charge is -2.25. The minimum absolute atomic E-state index is 0.0353. The summed E-state index contributed by atoms with van der Waals surface area (Å²) in [7, 11) is 1.59. The second kappa shape index (κ2) is 11.7. The van der Waals surface area contributed by atoms with Crippen LogP contribution in [0.2, 0.25) is 0 Å². The first kappa shape index (κ1) is 27.5. The third-order valence-electron chi connectivity index (χ3n) is 5.77. The van der Waals surface area contributed by atoms with Gasteiger partial charge in [0.05, 0.1) is 18.8 Å². The van der Waals surface area contributed by atoms with Crippen molar-refractivity contribution in [3.8, 4) is 5.75 Å². The monoisotopic (exact) mass is 521 g/mol. The molecule has 1 fully saturated rings. The first-order chi connectivity index (χ1) is 17.5. The van der Waals surface area contributed by atoms with E-state index in [4.69, 9.17) is 20.4 Å². The van der Waals surface area contributed by atoms with Crippen LogP contribution >= 0.6 is 0 Å². The van der Waals surface area contributed by atoms with E-state index in [1.54, 1.807) is 53.4 Å². The predicted octanol–water partition coefficient (Wildman–Crippen LogP) is 2.58. The largest absolute Gasteiger partial charge is 0.497 e. The summed E-state index contributed by atoms with van der Waals surface area (Å²) in [6, 6.07) is 12.0. The molecule has 3 aromatic rings. The third kappa shape index (κ3) is 6.97. The van der Waals surface area contributed by atoms with E-state index in [1.807, 2.05) is 12.1 Å². The molecular weight excluding hydrogens is 495 g/mol. The quantitative estimate of drug-likeness (QED) is 0.479. The van der Waals surface area contributed by atoms with Gasteiger partial charge in [-0.25, -0.2) is 4.79 Å². The number of H-pyrrole nitrogens is 1. The summed E-state index contributed by atoms with van der Waals surface area (Å²) >= 11 is 0. The van der Waals surface area contributed by atoms with Crippen molar-refractivity contribution in [2.75, 3.05) is 33.3 Å². The molecular formula is C24H26F3N5O5. The lowest BCUT2D eigenvalue weighted by molar-refractivity contribution is -0.192. The van der Waals surface area contributed by atoms with Gasteiger partial charge in [0.25, 0.3) is 5.91 Å². The number of alkyl halides is 3. The molecule has 1 aliphatic heterocycles. The number of ether oxygens (including phenoxy) is 1. The number of hydrogen-bond donors (Lipinski definition) is 3. The maximum absolute atomic E-state index is 13.0. The van der Waals surface area contributed by atoms with Crippen LogP contribution in [-0.2, 0) is 9.59 Å². The van der Waals surface area contributed by atoms with E-state index in [9.17, 15) is 22.8 Å². The van der Waals surface area contributed by atoms with Crippen molar-refractivity contribution in [1.29, 1.82) is 0 Å². The summed E-state index contributed by atoms with van der Waals surface area (Å²) < 4.78 is 36.9. The number of hydrogen-bond acceptors (Lipinski definition) is 6. The maximum atomic E-state index is 13.0. The van der Waals surface area contributed by atoms with Crippen LogP contribution in [0.4, 0.5) is 13.2 Å². The molecule has 2 amide bonds. The highest BCUT2D eigenvalue weighted by Gasteiger charge is 2.38. The van der Waals surface area contributed by atoms with Gasteiger partial charge >= 0.3 is 12.1 Å². The molecule has 0 spiro atoms. The van der Waals surface area contributed by atoms with Crippen LogP contribution in [0, 0.1) is 0 Å². The molecule has 4 N–H and O–H groups in total. The highest BCUT2D eigenvalue weighted by atomic mass is 19.4. The van der Waals surface area contributed by atoms with Gasteiger partial charge in [-0.05, 0) is 42.3 Å². The number of carbonyl (C=O) groups excluding carboxylic acids is 2. The number of aromatic nitrogens is 2. The van der Waals surface area contributed by atoms with E-state index in [0.29, 0.717) is 38.2 Å². The summed E-state index contributed by atoms with van der Waals surface area (Å²) in [5, 5.41) is 14.9. The summed E-state index contributed by atoms with van der Waals surface area (Å²) in [6.07, 6.45) is -2.67. The Bertz CT molecular complexity index is 1250. The zero-order chi connectivity index (χ0) is 27.2. The molecule has 1 aromatic heterocycles. The number of fused-ring (bicyclic) bond motifs is 1. The topological polar surface area (TPSA) is 142 Å². The van der Waals surface area contributed by atoms with Crippen LogP contribution in [0.1, 0.15) is 28.4 Å². The Hall–Kier alpha value is -4.13. The molecule has 0 aliphatic carbocycles. The number of aliphatic carboxylic acids is 1. The first-order valence-electron chi connectivity index (χ1n) is 11.2. The average molecular weight is 521 g/mol. The van der Waals surface area contributed by atoms with Crippen LogP contribution in [0.3, 0.4) is 0 Å². The Morgan fingerprint density at radius 1 is 1.05 bits per heavy atom. The molecule has 1 aliphatic rings. The number of aromatic amines is 1. The van der Waals surface area contributed by atoms with Gasteiger partial charge in [-0.15, -0.1) is 0 Å². The number of nitrogens with zero attached hydrogens (tertiary/aromatic N) is 3. The van der Waals surface area contributed by atoms with Gasteiger partial charge in [-0.3, -0.25) is 14.7 Å². The molecule has 198 valence electrons. The SMILES string of the molecule is COc1ccc(C(N)C(=O)N2CCCN(C(=O)c3ccc4[nH]ncc4c3)CC2)cc1.O=C(O)C(F)(F)F. The molecule has 0 radical (unpaired) electrons. The van der Waals surface area contributed by atoms with Crippen molar-refractivity contribution < 1.29 is 37.4 Å². The van der Waals surface area contributed by atoms with Crippen molar-refractivity contribution in [1.82, 2.24) is 20.0 Å². The number of carboxylic acid groups (broad SMARTS) is 1. The van der Waals surface area contributed by atoms with Crippen LogP contribution in [-0.4, -0.2) is 82.4 Å². The fourth-order valence-electron chi connectivity index (χ4n) is 3.75. The highest BCUT2D eigenvalue weighted by Crippen LogP contribution is 2.20. The number of benzene rings is 2. The lowest BCUT2D eigenvalue weighted by Crippen LogP contribution is -2.41. The van der Waals surface area contributed by atoms with Crippen molar-refractivity contribution in [3.05, 3.63) is 59.8 Å². The molecule has 0 bridgehead atoms. The number of halogens is 3. The first-order valence-corrected chi connectivity index (χ1v) is 11.2. The number of rotatable bonds is 4. The second-order valence-electron chi connectivity index (χ2n) is 8.20. The van der Waals surface area contributed by atoms with Crippen LogP contribution < -0.4 is 10.5 Å². The number of methoxy groups -OCH3 is 1. The van der Waals surface area contributed by atoms with Crippen molar-refractivity contribution in [3.63, 3.8) is 0 Å². The van der Waals surface area contributed by atoms with Gasteiger partial charge in [0.15, 0.2) is 0 Å². The molecule has 1 atom stereocenters. The maximum Gasteiger partial charge on any atom is 0.490 e. The van der Waals surface area contributed by atoms with Gasteiger partial charge < -0.3 is 25.4 Å². The van der Waals surface area contributed by atoms with Crippen molar-refractivity contribution in [2.45, 2.75) is 18.6 Å². The summed E-state index contributed by atoms with van der Waals surface area (Å²) in [5.74, 6) is -2.20. The molecule has 1 unspecified atom stereocenters. The number of nitrogens with one attached hydrogen (secondary N) is 1. The summed E-state index contributed by atoms with van der Waals surface area (Å²) in [4.78, 5) is 38.3. The van der Waals surface area contributed by atoms with Gasteiger partial charge in [0.1, 0.15) is 11.8 Å². The zero-order valence-electron chi connectivity index (χ0n) is 19.9. The molecule has 0 saturated carbocycles. The smallest absolute Gasteiger partial charge is 0.490 e. The molecule has 13 heteroatoms. The third-order valence-corrected chi connectivity index (χ3v) is 5.77.